The zero-order valence-corrected chi connectivity index (χ0v) is 10.8. The fraction of sp³-hybridized carbons (Fsp3) is 0.571. The van der Waals surface area contributed by atoms with Crippen molar-refractivity contribution in [2.75, 3.05) is 32.5 Å². The van der Waals surface area contributed by atoms with Crippen molar-refractivity contribution in [1.82, 2.24) is 4.90 Å². The Hall–Kier alpha value is -1.06. The highest BCUT2D eigenvalue weighted by atomic mass is 16.5. The molecule has 0 aromatic heterocycles. The minimum atomic E-state index is 0.686. The molecule has 0 radical (unpaired) electrons. The largest absolute Gasteiger partial charge is 0.398 e. The lowest BCUT2D eigenvalue weighted by atomic mass is 10.1. The maximum atomic E-state index is 6.01. The minimum Gasteiger partial charge on any atom is -0.398 e. The number of anilines is 1. The maximum absolute atomic E-state index is 6.01. The predicted molar refractivity (Wildman–Crippen MR) is 70.9 cm³/mol. The molecular formula is C14H22N2O. The van der Waals surface area contributed by atoms with Gasteiger partial charge < -0.3 is 10.5 Å². The van der Waals surface area contributed by atoms with E-state index in [4.69, 9.17) is 10.5 Å². The summed E-state index contributed by atoms with van der Waals surface area (Å²) in [6.07, 6.45) is 1.24. The van der Waals surface area contributed by atoms with E-state index in [1.54, 1.807) is 7.11 Å². The molecule has 1 fully saturated rings. The molecule has 1 aromatic carbocycles. The van der Waals surface area contributed by atoms with E-state index in [1.807, 2.05) is 6.07 Å². The van der Waals surface area contributed by atoms with E-state index in [-0.39, 0.29) is 0 Å². The first kappa shape index (κ1) is 12.4. The SMILES string of the molecule is COCC1CCN(Cc2cc(C)ccc2N)C1. The highest BCUT2D eigenvalue weighted by Gasteiger charge is 2.22. The Kier molecular flexibility index (Phi) is 4.02. The number of rotatable bonds is 4. The number of methoxy groups -OCH3 is 1. The van der Waals surface area contributed by atoms with E-state index in [9.17, 15) is 0 Å². The van der Waals surface area contributed by atoms with Gasteiger partial charge in [0.2, 0.25) is 0 Å². The van der Waals surface area contributed by atoms with Crippen molar-refractivity contribution < 1.29 is 4.74 Å². The second-order valence-electron chi connectivity index (χ2n) is 5.05. The number of nitrogens with two attached hydrogens (primary N) is 1. The van der Waals surface area contributed by atoms with Crippen molar-refractivity contribution >= 4 is 5.69 Å². The Morgan fingerprint density at radius 3 is 3.06 bits per heavy atom. The molecule has 0 saturated carbocycles. The lowest BCUT2D eigenvalue weighted by Crippen LogP contribution is -2.22. The summed E-state index contributed by atoms with van der Waals surface area (Å²) in [6, 6.07) is 6.27. The number of ether oxygens (including phenoxy) is 1. The third kappa shape index (κ3) is 3.20. The van der Waals surface area contributed by atoms with Crippen LogP contribution in [0.25, 0.3) is 0 Å². The summed E-state index contributed by atoms with van der Waals surface area (Å²) in [6.45, 7) is 6.23. The molecule has 94 valence electrons. The molecule has 0 bridgehead atoms. The molecule has 1 saturated heterocycles. The molecule has 2 rings (SSSR count). The van der Waals surface area contributed by atoms with Crippen LogP contribution in [0.3, 0.4) is 0 Å². The molecule has 1 aliphatic heterocycles. The van der Waals surface area contributed by atoms with Gasteiger partial charge in [-0.05, 0) is 37.4 Å². The van der Waals surface area contributed by atoms with Gasteiger partial charge in [-0.2, -0.15) is 0 Å². The van der Waals surface area contributed by atoms with Crippen LogP contribution < -0.4 is 5.73 Å². The molecule has 0 spiro atoms. The number of aryl methyl sites for hydroxylation is 1. The molecule has 3 nitrogen and oxygen atoms in total. The molecule has 1 atom stereocenters. The predicted octanol–water partition coefficient (Wildman–Crippen LogP) is 2.05. The van der Waals surface area contributed by atoms with Crippen LogP contribution in [0, 0.1) is 12.8 Å². The van der Waals surface area contributed by atoms with Gasteiger partial charge in [0, 0.05) is 25.9 Å². The average Bonchev–Trinajstić information content (AvgIpc) is 2.72. The van der Waals surface area contributed by atoms with Gasteiger partial charge in [0.25, 0.3) is 0 Å². The molecule has 1 unspecified atom stereocenters. The smallest absolute Gasteiger partial charge is 0.0503 e. The van der Waals surface area contributed by atoms with Gasteiger partial charge in [0.05, 0.1) is 6.61 Å². The third-order valence-corrected chi connectivity index (χ3v) is 3.46. The van der Waals surface area contributed by atoms with Crippen LogP contribution in [0.2, 0.25) is 0 Å². The molecule has 0 amide bonds. The summed E-state index contributed by atoms with van der Waals surface area (Å²) in [7, 11) is 1.78. The van der Waals surface area contributed by atoms with Crippen molar-refractivity contribution in [2.24, 2.45) is 5.92 Å². The standard InChI is InChI=1S/C14H22N2O/c1-11-3-4-14(15)13(7-11)9-16-6-5-12(8-16)10-17-2/h3-4,7,12H,5-6,8-10,15H2,1-2H3. The van der Waals surface area contributed by atoms with Crippen molar-refractivity contribution in [3.8, 4) is 0 Å². The molecule has 1 aliphatic rings. The van der Waals surface area contributed by atoms with Crippen molar-refractivity contribution in [2.45, 2.75) is 19.9 Å². The number of hydrogen-bond donors (Lipinski definition) is 1. The van der Waals surface area contributed by atoms with Crippen molar-refractivity contribution in [1.29, 1.82) is 0 Å². The van der Waals surface area contributed by atoms with Gasteiger partial charge >= 0.3 is 0 Å². The van der Waals surface area contributed by atoms with Crippen molar-refractivity contribution in [3.63, 3.8) is 0 Å². The van der Waals surface area contributed by atoms with Gasteiger partial charge in [-0.3, -0.25) is 4.90 Å². The van der Waals surface area contributed by atoms with E-state index in [0.29, 0.717) is 5.92 Å². The van der Waals surface area contributed by atoms with Gasteiger partial charge in [-0.15, -0.1) is 0 Å². The van der Waals surface area contributed by atoms with Crippen molar-refractivity contribution in [3.05, 3.63) is 29.3 Å². The minimum absolute atomic E-state index is 0.686. The number of nitrogens with zero attached hydrogens (tertiary/aromatic N) is 1. The zero-order chi connectivity index (χ0) is 12.3. The fourth-order valence-electron chi connectivity index (χ4n) is 2.54. The summed E-state index contributed by atoms with van der Waals surface area (Å²) >= 11 is 0. The third-order valence-electron chi connectivity index (χ3n) is 3.46. The number of benzene rings is 1. The first-order valence-corrected chi connectivity index (χ1v) is 6.25. The summed E-state index contributed by atoms with van der Waals surface area (Å²) in [5, 5.41) is 0. The highest BCUT2D eigenvalue weighted by Crippen LogP contribution is 2.22. The monoisotopic (exact) mass is 234 g/mol. The van der Waals surface area contributed by atoms with Crippen LogP contribution in [0.15, 0.2) is 18.2 Å². The van der Waals surface area contributed by atoms with Crippen LogP contribution in [-0.4, -0.2) is 31.7 Å². The Bertz CT molecular complexity index is 378. The van der Waals surface area contributed by atoms with E-state index < -0.39 is 0 Å². The van der Waals surface area contributed by atoms with E-state index in [1.165, 1.54) is 17.5 Å². The topological polar surface area (TPSA) is 38.5 Å². The fourth-order valence-corrected chi connectivity index (χ4v) is 2.54. The first-order valence-electron chi connectivity index (χ1n) is 6.25. The lowest BCUT2D eigenvalue weighted by Gasteiger charge is -2.17. The highest BCUT2D eigenvalue weighted by molar-refractivity contribution is 5.48. The average molecular weight is 234 g/mol. The number of hydrogen-bond acceptors (Lipinski definition) is 3. The van der Waals surface area contributed by atoms with Crippen LogP contribution in [0.5, 0.6) is 0 Å². The van der Waals surface area contributed by atoms with Gasteiger partial charge in [-0.1, -0.05) is 17.7 Å². The van der Waals surface area contributed by atoms with Crippen LogP contribution in [0.1, 0.15) is 17.5 Å². The summed E-state index contributed by atoms with van der Waals surface area (Å²) in [5.74, 6) is 0.686. The normalized spacial score (nSPS) is 20.9. The Morgan fingerprint density at radius 2 is 2.29 bits per heavy atom. The summed E-state index contributed by atoms with van der Waals surface area (Å²) < 4.78 is 5.22. The van der Waals surface area contributed by atoms with Crippen LogP contribution in [0.4, 0.5) is 5.69 Å². The first-order chi connectivity index (χ1) is 8.19. The molecule has 17 heavy (non-hydrogen) atoms. The molecule has 1 heterocycles. The van der Waals surface area contributed by atoms with E-state index in [0.717, 1.165) is 31.9 Å². The molecule has 3 heteroatoms. The van der Waals surface area contributed by atoms with Gasteiger partial charge in [-0.25, -0.2) is 0 Å². The van der Waals surface area contributed by atoms with Crippen LogP contribution >= 0.6 is 0 Å². The van der Waals surface area contributed by atoms with E-state index >= 15 is 0 Å². The second-order valence-corrected chi connectivity index (χ2v) is 5.05. The second kappa shape index (κ2) is 5.52. The molecule has 0 aliphatic carbocycles. The Labute approximate surface area is 104 Å². The molecule has 2 N–H and O–H groups in total. The Balaban J connectivity index is 1.95. The maximum Gasteiger partial charge on any atom is 0.0503 e. The van der Waals surface area contributed by atoms with Gasteiger partial charge in [0.15, 0.2) is 0 Å². The number of likely N-dealkylation sites (tertiary alicyclic amines) is 1. The number of nitrogen functional groups attached to an aromatic ring is 1. The van der Waals surface area contributed by atoms with E-state index in [2.05, 4.69) is 24.0 Å². The summed E-state index contributed by atoms with van der Waals surface area (Å²) in [4.78, 5) is 2.47. The van der Waals surface area contributed by atoms with Gasteiger partial charge in [0.1, 0.15) is 0 Å². The summed E-state index contributed by atoms with van der Waals surface area (Å²) in [5.41, 5.74) is 9.45. The molecular weight excluding hydrogens is 212 g/mol. The zero-order valence-electron chi connectivity index (χ0n) is 10.8. The Morgan fingerprint density at radius 1 is 1.47 bits per heavy atom. The quantitative estimate of drug-likeness (QED) is 0.810. The van der Waals surface area contributed by atoms with Crippen LogP contribution in [-0.2, 0) is 11.3 Å². The lowest BCUT2D eigenvalue weighted by molar-refractivity contribution is 0.152. The molecule has 1 aromatic rings.